The number of rotatable bonds is 3. The van der Waals surface area contributed by atoms with Crippen LogP contribution in [-0.4, -0.2) is 21.0 Å². The van der Waals surface area contributed by atoms with Gasteiger partial charge in [-0.05, 0) is 26.8 Å². The number of alkyl halides is 3. The molecule has 2 aromatic rings. The van der Waals surface area contributed by atoms with Crippen LogP contribution < -0.4 is 0 Å². The molecule has 2 rings (SSSR count). The second kappa shape index (κ2) is 6.02. The van der Waals surface area contributed by atoms with E-state index in [1.807, 2.05) is 0 Å². The molecule has 1 aromatic heterocycles. The van der Waals surface area contributed by atoms with Gasteiger partial charge in [-0.2, -0.15) is 13.2 Å². The number of hydrogen-bond donors (Lipinski definition) is 0. The van der Waals surface area contributed by atoms with Crippen molar-refractivity contribution in [2.24, 2.45) is 5.41 Å². The lowest BCUT2D eigenvalue weighted by atomic mass is 9.98. The van der Waals surface area contributed by atoms with E-state index >= 15 is 0 Å². The molecule has 1 aromatic carbocycles. The summed E-state index contributed by atoms with van der Waals surface area (Å²) in [5.74, 6) is -0.440. The van der Waals surface area contributed by atoms with Gasteiger partial charge >= 0.3 is 12.1 Å². The average molecular weight is 327 g/mol. The zero-order valence-electron chi connectivity index (χ0n) is 12.9. The molecule has 0 amide bonds. The normalized spacial score (nSPS) is 12.3. The van der Waals surface area contributed by atoms with Crippen LogP contribution in [0, 0.1) is 5.41 Å². The van der Waals surface area contributed by atoms with E-state index in [0.29, 0.717) is 0 Å². The third-order valence-corrected chi connectivity index (χ3v) is 2.99. The van der Waals surface area contributed by atoms with Crippen molar-refractivity contribution in [3.8, 4) is 11.3 Å². The van der Waals surface area contributed by atoms with Crippen molar-refractivity contribution < 1.29 is 22.7 Å². The summed E-state index contributed by atoms with van der Waals surface area (Å²) in [7, 11) is 0. The van der Waals surface area contributed by atoms with Gasteiger partial charge in [-0.15, -0.1) is 5.10 Å². The first-order valence-corrected chi connectivity index (χ1v) is 6.83. The third kappa shape index (κ3) is 4.08. The van der Waals surface area contributed by atoms with Crippen molar-refractivity contribution in [2.45, 2.75) is 33.7 Å². The van der Waals surface area contributed by atoms with E-state index in [0.717, 1.165) is 6.07 Å². The highest BCUT2D eigenvalue weighted by molar-refractivity contribution is 5.75. The Kier molecular flexibility index (Phi) is 4.44. The summed E-state index contributed by atoms with van der Waals surface area (Å²) in [5, 5.41) is 7.41. The molecular weight excluding hydrogens is 311 g/mol. The molecule has 5 nitrogen and oxygen atoms in total. The van der Waals surface area contributed by atoms with E-state index in [2.05, 4.69) is 10.3 Å². The second-order valence-corrected chi connectivity index (χ2v) is 6.00. The van der Waals surface area contributed by atoms with E-state index in [9.17, 15) is 18.0 Å². The van der Waals surface area contributed by atoms with Gasteiger partial charge in [0.15, 0.2) is 6.73 Å². The molecule has 0 saturated heterocycles. The van der Waals surface area contributed by atoms with E-state index in [4.69, 9.17) is 4.74 Å². The van der Waals surface area contributed by atoms with Gasteiger partial charge in [-0.1, -0.05) is 23.4 Å². The Morgan fingerprint density at radius 1 is 1.22 bits per heavy atom. The number of benzene rings is 1. The van der Waals surface area contributed by atoms with Gasteiger partial charge in [-0.25, -0.2) is 4.68 Å². The van der Waals surface area contributed by atoms with Crippen LogP contribution in [-0.2, 0) is 22.4 Å². The summed E-state index contributed by atoms with van der Waals surface area (Å²) in [4.78, 5) is 11.7. The van der Waals surface area contributed by atoms with Crippen LogP contribution in [0.5, 0.6) is 0 Å². The predicted molar refractivity (Wildman–Crippen MR) is 76.0 cm³/mol. The fourth-order valence-corrected chi connectivity index (χ4v) is 1.78. The number of carbonyl (C=O) groups is 1. The van der Waals surface area contributed by atoms with Gasteiger partial charge in [0, 0.05) is 5.56 Å². The monoisotopic (exact) mass is 327 g/mol. The van der Waals surface area contributed by atoms with Crippen LogP contribution in [0.25, 0.3) is 11.3 Å². The minimum absolute atomic E-state index is 0.0599. The number of nitrogens with zero attached hydrogens (tertiary/aromatic N) is 3. The average Bonchev–Trinajstić information content (AvgIpc) is 2.91. The third-order valence-electron chi connectivity index (χ3n) is 2.99. The van der Waals surface area contributed by atoms with Crippen molar-refractivity contribution in [3.63, 3.8) is 0 Å². The van der Waals surface area contributed by atoms with Gasteiger partial charge in [-0.3, -0.25) is 4.79 Å². The van der Waals surface area contributed by atoms with Crippen LogP contribution >= 0.6 is 0 Å². The van der Waals surface area contributed by atoms with Crippen molar-refractivity contribution in [3.05, 3.63) is 36.0 Å². The Morgan fingerprint density at radius 2 is 1.87 bits per heavy atom. The molecule has 1 heterocycles. The fraction of sp³-hybridized carbons (Fsp3) is 0.400. The van der Waals surface area contributed by atoms with Crippen molar-refractivity contribution >= 4 is 5.97 Å². The first-order chi connectivity index (χ1) is 10.6. The van der Waals surface area contributed by atoms with Crippen molar-refractivity contribution in [1.82, 2.24) is 15.0 Å². The first-order valence-electron chi connectivity index (χ1n) is 6.83. The maximum atomic E-state index is 13.0. The minimum atomic E-state index is -4.49. The molecule has 0 atom stereocenters. The molecule has 0 spiro atoms. The highest BCUT2D eigenvalue weighted by Crippen LogP contribution is 2.36. The molecular formula is C15H16F3N3O2. The van der Waals surface area contributed by atoms with E-state index in [1.165, 1.54) is 29.1 Å². The molecule has 0 aliphatic carbocycles. The topological polar surface area (TPSA) is 57.0 Å². The highest BCUT2D eigenvalue weighted by atomic mass is 19.4. The Labute approximate surface area is 131 Å². The zero-order valence-corrected chi connectivity index (χ0v) is 12.9. The van der Waals surface area contributed by atoms with Gasteiger partial charge in [0.25, 0.3) is 0 Å². The Bertz CT molecular complexity index is 702. The summed E-state index contributed by atoms with van der Waals surface area (Å²) >= 11 is 0. The lowest BCUT2D eigenvalue weighted by Gasteiger charge is -2.16. The van der Waals surface area contributed by atoms with Crippen LogP contribution in [0.3, 0.4) is 0 Å². The molecule has 0 aliphatic heterocycles. The smallest absolute Gasteiger partial charge is 0.417 e. The SMILES string of the molecule is CC(C)(C)C(=O)OCn1cc(-c2ccccc2C(F)(F)F)nn1. The number of ether oxygens (including phenoxy) is 1. The molecule has 0 fully saturated rings. The molecule has 124 valence electrons. The quantitative estimate of drug-likeness (QED) is 0.810. The molecule has 8 heteroatoms. The number of esters is 1. The number of carbonyl (C=O) groups excluding carboxylic acids is 1. The van der Waals surface area contributed by atoms with Crippen LogP contribution in [0.15, 0.2) is 30.5 Å². The molecule has 0 N–H and O–H groups in total. The van der Waals surface area contributed by atoms with Crippen LogP contribution in [0.2, 0.25) is 0 Å². The summed E-state index contributed by atoms with van der Waals surface area (Å²) < 4.78 is 45.2. The van der Waals surface area contributed by atoms with Crippen LogP contribution in [0.4, 0.5) is 13.2 Å². The minimum Gasteiger partial charge on any atom is -0.442 e. The van der Waals surface area contributed by atoms with Gasteiger partial charge < -0.3 is 4.74 Å². The van der Waals surface area contributed by atoms with Crippen LogP contribution in [0.1, 0.15) is 26.3 Å². The summed E-state index contributed by atoms with van der Waals surface area (Å²) in [6.45, 7) is 4.88. The molecule has 0 radical (unpaired) electrons. The number of aromatic nitrogens is 3. The molecule has 0 unspecified atom stereocenters. The lowest BCUT2D eigenvalue weighted by Crippen LogP contribution is -2.24. The largest absolute Gasteiger partial charge is 0.442 e. The van der Waals surface area contributed by atoms with Gasteiger partial charge in [0.05, 0.1) is 17.2 Å². The highest BCUT2D eigenvalue weighted by Gasteiger charge is 2.34. The summed E-state index contributed by atoms with van der Waals surface area (Å²) in [6, 6.07) is 5.09. The standard InChI is InChI=1S/C15H16F3N3O2/c1-14(2,3)13(22)23-9-21-8-12(19-20-21)10-6-4-5-7-11(10)15(16,17)18/h4-8H,9H2,1-3H3. The maximum absolute atomic E-state index is 13.0. The Hall–Kier alpha value is -2.38. The first kappa shape index (κ1) is 17.0. The molecule has 0 bridgehead atoms. The van der Waals surface area contributed by atoms with E-state index in [1.54, 1.807) is 20.8 Å². The summed E-state index contributed by atoms with van der Waals surface area (Å²) in [6.07, 6.45) is -3.18. The molecule has 23 heavy (non-hydrogen) atoms. The van der Waals surface area contributed by atoms with Crippen molar-refractivity contribution in [1.29, 1.82) is 0 Å². The fourth-order valence-electron chi connectivity index (χ4n) is 1.78. The zero-order chi connectivity index (χ0) is 17.3. The van der Waals surface area contributed by atoms with Crippen molar-refractivity contribution in [2.75, 3.05) is 0 Å². The maximum Gasteiger partial charge on any atom is 0.417 e. The van der Waals surface area contributed by atoms with Gasteiger partial charge in [0.2, 0.25) is 0 Å². The lowest BCUT2D eigenvalue weighted by molar-refractivity contribution is -0.157. The number of halogens is 3. The predicted octanol–water partition coefficient (Wildman–Crippen LogP) is 3.51. The second-order valence-electron chi connectivity index (χ2n) is 6.00. The van der Waals surface area contributed by atoms with E-state index in [-0.39, 0.29) is 18.0 Å². The Balaban J connectivity index is 2.19. The van der Waals surface area contributed by atoms with E-state index < -0.39 is 23.1 Å². The summed E-state index contributed by atoms with van der Waals surface area (Å²) in [5.41, 5.74) is -1.48. The molecule has 0 aliphatic rings. The van der Waals surface area contributed by atoms with Gasteiger partial charge in [0.1, 0.15) is 5.69 Å². The molecule has 0 saturated carbocycles. The number of hydrogen-bond acceptors (Lipinski definition) is 4. The Morgan fingerprint density at radius 3 is 2.48 bits per heavy atom.